The molecule has 1 N–H and O–H groups in total. The van der Waals surface area contributed by atoms with Crippen LogP contribution < -0.4 is 5.32 Å². The normalized spacial score (nSPS) is 13.4. The van der Waals surface area contributed by atoms with Gasteiger partial charge in [0.05, 0.1) is 11.3 Å². The maximum atomic E-state index is 13.9. The van der Waals surface area contributed by atoms with Crippen molar-refractivity contribution in [3.05, 3.63) is 53.1 Å². The summed E-state index contributed by atoms with van der Waals surface area (Å²) >= 11 is 0. The van der Waals surface area contributed by atoms with Gasteiger partial charge in [0.15, 0.2) is 0 Å². The van der Waals surface area contributed by atoms with Gasteiger partial charge >= 0.3 is 6.18 Å². The van der Waals surface area contributed by atoms with Crippen LogP contribution in [-0.4, -0.2) is 16.8 Å². The zero-order chi connectivity index (χ0) is 15.6. The van der Waals surface area contributed by atoms with Crippen molar-refractivity contribution < 1.29 is 17.6 Å². The van der Waals surface area contributed by atoms with E-state index >= 15 is 0 Å². The van der Waals surface area contributed by atoms with Gasteiger partial charge in [-0.3, -0.25) is 4.68 Å². The minimum absolute atomic E-state index is 0.0158. The smallest absolute Gasteiger partial charge is 0.313 e. The molecule has 1 aromatic heterocycles. The van der Waals surface area contributed by atoms with E-state index in [1.54, 1.807) is 31.0 Å². The van der Waals surface area contributed by atoms with Crippen LogP contribution >= 0.6 is 0 Å². The Morgan fingerprint density at radius 2 is 2.00 bits per heavy atom. The fourth-order valence-corrected chi connectivity index (χ4v) is 2.14. The van der Waals surface area contributed by atoms with Gasteiger partial charge in [0.1, 0.15) is 5.82 Å². The Balaban J connectivity index is 2.33. The maximum Gasteiger partial charge on any atom is 0.416 e. The molecular formula is C14H15F4N3. The third kappa shape index (κ3) is 3.60. The number of nitrogens with one attached hydrogen (secondary N) is 1. The highest BCUT2D eigenvalue weighted by molar-refractivity contribution is 5.30. The van der Waals surface area contributed by atoms with Gasteiger partial charge in [0.25, 0.3) is 0 Å². The molecule has 0 saturated heterocycles. The third-order valence-corrected chi connectivity index (χ3v) is 3.23. The Bertz CT molecular complexity index is 619. The highest BCUT2D eigenvalue weighted by atomic mass is 19.4. The van der Waals surface area contributed by atoms with Crippen molar-refractivity contribution >= 4 is 0 Å². The molecule has 2 rings (SSSR count). The number of rotatable bonds is 4. The van der Waals surface area contributed by atoms with Crippen LogP contribution in [0, 0.1) is 5.82 Å². The van der Waals surface area contributed by atoms with Gasteiger partial charge in [-0.15, -0.1) is 0 Å². The minimum Gasteiger partial charge on any atom is -0.313 e. The molecule has 0 aliphatic carbocycles. The number of nitrogens with zero attached hydrogens (tertiary/aromatic N) is 2. The summed E-state index contributed by atoms with van der Waals surface area (Å²) in [5.41, 5.74) is -0.202. The molecule has 0 aliphatic heterocycles. The quantitative estimate of drug-likeness (QED) is 0.880. The van der Waals surface area contributed by atoms with Crippen LogP contribution in [-0.2, 0) is 19.6 Å². The van der Waals surface area contributed by atoms with Crippen molar-refractivity contribution in [2.24, 2.45) is 7.05 Å². The first-order chi connectivity index (χ1) is 9.81. The third-order valence-electron chi connectivity index (χ3n) is 3.23. The number of aryl methyl sites for hydroxylation is 1. The van der Waals surface area contributed by atoms with E-state index in [0.717, 1.165) is 18.2 Å². The molecule has 0 saturated carbocycles. The second-order valence-corrected chi connectivity index (χ2v) is 4.76. The fraction of sp³-hybridized carbons (Fsp3) is 0.357. The van der Waals surface area contributed by atoms with Gasteiger partial charge in [0.2, 0.25) is 0 Å². The maximum absolute atomic E-state index is 13.9. The van der Waals surface area contributed by atoms with Crippen LogP contribution in [0.15, 0.2) is 30.5 Å². The number of alkyl halides is 3. The minimum atomic E-state index is -4.49. The van der Waals surface area contributed by atoms with E-state index in [2.05, 4.69) is 10.4 Å². The number of halogens is 4. The largest absolute Gasteiger partial charge is 0.416 e. The van der Waals surface area contributed by atoms with Crippen molar-refractivity contribution in [1.29, 1.82) is 0 Å². The zero-order valence-corrected chi connectivity index (χ0v) is 11.6. The van der Waals surface area contributed by atoms with Gasteiger partial charge in [-0.25, -0.2) is 4.39 Å². The summed E-state index contributed by atoms with van der Waals surface area (Å²) in [5, 5.41) is 7.00. The first-order valence-corrected chi connectivity index (χ1v) is 6.33. The Kier molecular flexibility index (Phi) is 4.32. The highest BCUT2D eigenvalue weighted by Gasteiger charge is 2.32. The lowest BCUT2D eigenvalue weighted by molar-refractivity contribution is -0.137. The first kappa shape index (κ1) is 15.5. The van der Waals surface area contributed by atoms with E-state index < -0.39 is 23.6 Å². The van der Waals surface area contributed by atoms with E-state index in [4.69, 9.17) is 0 Å². The van der Waals surface area contributed by atoms with Crippen LogP contribution in [0.4, 0.5) is 17.6 Å². The average molecular weight is 301 g/mol. The number of hydrogen-bond acceptors (Lipinski definition) is 2. The van der Waals surface area contributed by atoms with Crippen molar-refractivity contribution in [3.8, 4) is 0 Å². The van der Waals surface area contributed by atoms with Crippen LogP contribution in [0.25, 0.3) is 0 Å². The van der Waals surface area contributed by atoms with Crippen LogP contribution in [0.2, 0.25) is 0 Å². The van der Waals surface area contributed by atoms with Gasteiger partial charge in [-0.1, -0.05) is 0 Å². The molecule has 0 amide bonds. The van der Waals surface area contributed by atoms with Crippen molar-refractivity contribution in [1.82, 2.24) is 15.1 Å². The van der Waals surface area contributed by atoms with E-state index in [-0.39, 0.29) is 5.56 Å². The molecule has 1 aromatic carbocycles. The topological polar surface area (TPSA) is 29.9 Å². The summed E-state index contributed by atoms with van der Waals surface area (Å²) < 4.78 is 53.7. The van der Waals surface area contributed by atoms with E-state index in [9.17, 15) is 17.6 Å². The van der Waals surface area contributed by atoms with Gasteiger partial charge in [0, 0.05) is 31.3 Å². The lowest BCUT2D eigenvalue weighted by Crippen LogP contribution is -2.21. The molecule has 0 aliphatic rings. The van der Waals surface area contributed by atoms with Crippen LogP contribution in [0.1, 0.15) is 22.9 Å². The van der Waals surface area contributed by atoms with Crippen molar-refractivity contribution in [2.45, 2.75) is 18.6 Å². The average Bonchev–Trinajstić information content (AvgIpc) is 2.81. The molecule has 2 aromatic rings. The lowest BCUT2D eigenvalue weighted by atomic mass is 9.99. The Morgan fingerprint density at radius 3 is 2.52 bits per heavy atom. The summed E-state index contributed by atoms with van der Waals surface area (Å²) in [6.07, 6.45) is -2.47. The van der Waals surface area contributed by atoms with Gasteiger partial charge in [-0.2, -0.15) is 18.3 Å². The number of likely N-dealkylation sites (N-methyl/N-ethyl adjacent to an activating group) is 1. The van der Waals surface area contributed by atoms with Crippen LogP contribution in [0.5, 0.6) is 0 Å². The predicted octanol–water partition coefficient (Wildman–Crippen LogP) is 3.08. The number of benzene rings is 1. The van der Waals surface area contributed by atoms with Crippen molar-refractivity contribution in [3.63, 3.8) is 0 Å². The molecule has 114 valence electrons. The molecule has 1 atom stereocenters. The molecular weight excluding hydrogens is 286 g/mol. The number of hydrogen-bond donors (Lipinski definition) is 1. The summed E-state index contributed by atoms with van der Waals surface area (Å²) in [7, 11) is 3.32. The van der Waals surface area contributed by atoms with E-state index in [1.165, 1.54) is 0 Å². The second kappa shape index (κ2) is 5.85. The molecule has 3 nitrogen and oxygen atoms in total. The summed E-state index contributed by atoms with van der Waals surface area (Å²) in [4.78, 5) is 0. The molecule has 0 fully saturated rings. The van der Waals surface area contributed by atoms with Crippen LogP contribution in [0.3, 0.4) is 0 Å². The van der Waals surface area contributed by atoms with E-state index in [1.807, 2.05) is 0 Å². The van der Waals surface area contributed by atoms with Gasteiger partial charge < -0.3 is 5.32 Å². The standard InChI is InChI=1S/C14H15F4N3/c1-19-13(8-10-5-6-21(2)20-10)11-7-9(14(16,17)18)3-4-12(11)15/h3-7,13,19H,8H2,1-2H3. The summed E-state index contributed by atoms with van der Waals surface area (Å²) in [6, 6.07) is 3.60. The molecule has 0 spiro atoms. The second-order valence-electron chi connectivity index (χ2n) is 4.76. The van der Waals surface area contributed by atoms with Crippen molar-refractivity contribution in [2.75, 3.05) is 7.05 Å². The first-order valence-electron chi connectivity index (χ1n) is 6.33. The molecule has 0 bridgehead atoms. The van der Waals surface area contributed by atoms with Gasteiger partial charge in [-0.05, 0) is 31.3 Å². The monoisotopic (exact) mass is 301 g/mol. The highest BCUT2D eigenvalue weighted by Crippen LogP contribution is 2.32. The molecule has 7 heteroatoms. The van der Waals surface area contributed by atoms with E-state index in [0.29, 0.717) is 12.1 Å². The summed E-state index contributed by atoms with van der Waals surface area (Å²) in [5.74, 6) is -0.668. The Labute approximate surface area is 119 Å². The zero-order valence-electron chi connectivity index (χ0n) is 11.6. The fourth-order valence-electron chi connectivity index (χ4n) is 2.14. The molecule has 1 heterocycles. The number of aromatic nitrogens is 2. The predicted molar refractivity (Wildman–Crippen MR) is 70.1 cm³/mol. The molecule has 1 unspecified atom stereocenters. The summed E-state index contributed by atoms with van der Waals surface area (Å²) in [6.45, 7) is 0. The molecule has 21 heavy (non-hydrogen) atoms. The molecule has 0 radical (unpaired) electrons. The Hall–Kier alpha value is -1.89. The SMILES string of the molecule is CNC(Cc1ccn(C)n1)c1cc(C(F)(F)F)ccc1F. The lowest BCUT2D eigenvalue weighted by Gasteiger charge is -2.18. The Morgan fingerprint density at radius 1 is 1.29 bits per heavy atom.